The summed E-state index contributed by atoms with van der Waals surface area (Å²) in [5, 5.41) is 17.5. The summed E-state index contributed by atoms with van der Waals surface area (Å²) in [6.45, 7) is 1.94. The third-order valence-corrected chi connectivity index (χ3v) is 3.68. The van der Waals surface area contributed by atoms with Crippen molar-refractivity contribution < 1.29 is 9.90 Å². The number of hydrogen-bond donors (Lipinski definition) is 1. The molecule has 2 rings (SSSR count). The number of aromatic carboxylic acids is 1. The van der Waals surface area contributed by atoms with E-state index in [1.54, 1.807) is 12.1 Å². The van der Waals surface area contributed by atoms with Gasteiger partial charge in [-0.2, -0.15) is 0 Å². The van der Waals surface area contributed by atoms with Gasteiger partial charge in [0, 0.05) is 4.47 Å². The maximum Gasteiger partial charge on any atom is 0.358 e. The van der Waals surface area contributed by atoms with Crippen LogP contribution in [0.2, 0.25) is 10.0 Å². The van der Waals surface area contributed by atoms with Crippen LogP contribution in [0.4, 0.5) is 0 Å². The second-order valence-corrected chi connectivity index (χ2v) is 5.80. The number of benzene rings is 1. The topological polar surface area (TPSA) is 68.0 Å². The molecular formula is C12H10BrCl2N3O2. The number of carboxylic acids is 1. The molecule has 1 N–H and O–H groups in total. The Labute approximate surface area is 133 Å². The van der Waals surface area contributed by atoms with E-state index in [2.05, 4.69) is 26.2 Å². The predicted molar refractivity (Wildman–Crippen MR) is 80.0 cm³/mol. The lowest BCUT2D eigenvalue weighted by Gasteiger charge is -2.10. The Kier molecular flexibility index (Phi) is 4.67. The number of halogens is 3. The Morgan fingerprint density at radius 2 is 2.00 bits per heavy atom. The van der Waals surface area contributed by atoms with Gasteiger partial charge in [0.2, 0.25) is 0 Å². The van der Waals surface area contributed by atoms with Crippen LogP contribution < -0.4 is 0 Å². The molecule has 0 unspecified atom stereocenters. The maximum atomic E-state index is 11.2. The van der Waals surface area contributed by atoms with Crippen molar-refractivity contribution in [1.29, 1.82) is 0 Å². The number of rotatable bonds is 4. The number of hydrogen-bond acceptors (Lipinski definition) is 3. The van der Waals surface area contributed by atoms with Crippen molar-refractivity contribution in [3.8, 4) is 5.69 Å². The Balaban J connectivity index is 2.67. The van der Waals surface area contributed by atoms with Crippen LogP contribution in [0.25, 0.3) is 5.69 Å². The summed E-state index contributed by atoms with van der Waals surface area (Å²) in [6.07, 6.45) is 1.26. The summed E-state index contributed by atoms with van der Waals surface area (Å²) in [4.78, 5) is 11.2. The molecule has 20 heavy (non-hydrogen) atoms. The summed E-state index contributed by atoms with van der Waals surface area (Å²) < 4.78 is 2.12. The molecular weight excluding hydrogens is 369 g/mol. The van der Waals surface area contributed by atoms with Crippen molar-refractivity contribution in [1.82, 2.24) is 15.0 Å². The van der Waals surface area contributed by atoms with Crippen LogP contribution in [0.3, 0.4) is 0 Å². The molecule has 0 radical (unpaired) electrons. The smallest absolute Gasteiger partial charge is 0.358 e. The van der Waals surface area contributed by atoms with Gasteiger partial charge in [-0.1, -0.05) is 57.7 Å². The van der Waals surface area contributed by atoms with Crippen molar-refractivity contribution >= 4 is 45.1 Å². The van der Waals surface area contributed by atoms with Gasteiger partial charge in [0.05, 0.1) is 15.7 Å². The van der Waals surface area contributed by atoms with E-state index in [1.807, 2.05) is 6.92 Å². The highest BCUT2D eigenvalue weighted by Gasteiger charge is 2.22. The highest BCUT2D eigenvalue weighted by molar-refractivity contribution is 9.10. The average molecular weight is 379 g/mol. The van der Waals surface area contributed by atoms with Crippen molar-refractivity contribution in [2.45, 2.75) is 19.8 Å². The first-order valence-corrected chi connectivity index (χ1v) is 7.33. The average Bonchev–Trinajstić information content (AvgIpc) is 2.72. The van der Waals surface area contributed by atoms with E-state index in [-0.39, 0.29) is 5.69 Å². The quantitative estimate of drug-likeness (QED) is 0.873. The number of carbonyl (C=O) groups is 1. The molecule has 0 amide bonds. The van der Waals surface area contributed by atoms with E-state index in [0.29, 0.717) is 27.8 Å². The minimum atomic E-state index is -1.12. The largest absolute Gasteiger partial charge is 0.476 e. The van der Waals surface area contributed by atoms with E-state index in [9.17, 15) is 4.79 Å². The van der Waals surface area contributed by atoms with Gasteiger partial charge in [0.15, 0.2) is 5.69 Å². The van der Waals surface area contributed by atoms with Crippen LogP contribution in [0.1, 0.15) is 29.5 Å². The third kappa shape index (κ3) is 2.82. The Hall–Kier alpha value is -1.11. The third-order valence-electron chi connectivity index (χ3n) is 2.65. The van der Waals surface area contributed by atoms with Crippen molar-refractivity contribution in [2.75, 3.05) is 0 Å². The zero-order chi connectivity index (χ0) is 14.9. The summed E-state index contributed by atoms with van der Waals surface area (Å²) in [6, 6.07) is 3.33. The molecule has 2 aromatic rings. The Bertz CT molecular complexity index is 650. The zero-order valence-electron chi connectivity index (χ0n) is 10.4. The van der Waals surface area contributed by atoms with Crippen molar-refractivity contribution in [3.05, 3.63) is 38.0 Å². The number of nitrogens with zero attached hydrogens (tertiary/aromatic N) is 3. The minimum absolute atomic E-state index is 0.0816. The van der Waals surface area contributed by atoms with E-state index < -0.39 is 5.97 Å². The molecule has 0 saturated heterocycles. The van der Waals surface area contributed by atoms with Gasteiger partial charge in [-0.3, -0.25) is 0 Å². The number of aromatic nitrogens is 3. The van der Waals surface area contributed by atoms with Gasteiger partial charge in [-0.25, -0.2) is 9.48 Å². The van der Waals surface area contributed by atoms with Gasteiger partial charge in [0.1, 0.15) is 5.69 Å². The van der Waals surface area contributed by atoms with Gasteiger partial charge < -0.3 is 5.11 Å². The van der Waals surface area contributed by atoms with Gasteiger partial charge in [-0.15, -0.1) is 5.10 Å². The van der Waals surface area contributed by atoms with Gasteiger partial charge >= 0.3 is 5.97 Å². The van der Waals surface area contributed by atoms with Crippen molar-refractivity contribution in [3.63, 3.8) is 0 Å². The summed E-state index contributed by atoms with van der Waals surface area (Å²) in [5.74, 6) is -1.12. The summed E-state index contributed by atoms with van der Waals surface area (Å²) >= 11 is 15.6. The molecule has 106 valence electrons. The van der Waals surface area contributed by atoms with Gasteiger partial charge in [0.25, 0.3) is 0 Å². The van der Waals surface area contributed by atoms with Crippen LogP contribution in [0.5, 0.6) is 0 Å². The molecule has 0 spiro atoms. The van der Waals surface area contributed by atoms with E-state index in [4.69, 9.17) is 28.3 Å². The molecule has 0 aliphatic rings. The molecule has 1 heterocycles. The molecule has 0 fully saturated rings. The first-order valence-electron chi connectivity index (χ1n) is 5.78. The lowest BCUT2D eigenvalue weighted by Crippen LogP contribution is -2.07. The van der Waals surface area contributed by atoms with E-state index in [1.165, 1.54) is 4.68 Å². The fourth-order valence-electron chi connectivity index (χ4n) is 1.85. The summed E-state index contributed by atoms with van der Waals surface area (Å²) in [5.41, 5.74) is 0.827. The minimum Gasteiger partial charge on any atom is -0.476 e. The fraction of sp³-hybridized carbons (Fsp3) is 0.250. The zero-order valence-corrected chi connectivity index (χ0v) is 13.5. The Morgan fingerprint density at radius 1 is 1.40 bits per heavy atom. The first kappa shape index (κ1) is 15.3. The SMILES string of the molecule is CCCc1c(C(=O)O)nnn1-c1c(Cl)cc(Br)cc1Cl. The normalized spacial score (nSPS) is 10.8. The van der Waals surface area contributed by atoms with E-state index >= 15 is 0 Å². The molecule has 0 aliphatic heterocycles. The highest BCUT2D eigenvalue weighted by atomic mass is 79.9. The van der Waals surface area contributed by atoms with Gasteiger partial charge in [-0.05, 0) is 18.6 Å². The van der Waals surface area contributed by atoms with Crippen LogP contribution in [0.15, 0.2) is 16.6 Å². The second-order valence-electron chi connectivity index (χ2n) is 4.07. The molecule has 5 nitrogen and oxygen atoms in total. The fourth-order valence-corrected chi connectivity index (χ4v) is 3.21. The maximum absolute atomic E-state index is 11.2. The molecule has 0 saturated carbocycles. The van der Waals surface area contributed by atoms with Crippen molar-refractivity contribution in [2.24, 2.45) is 0 Å². The molecule has 1 aromatic heterocycles. The first-order chi connectivity index (χ1) is 9.45. The Morgan fingerprint density at radius 3 is 2.50 bits per heavy atom. The molecule has 1 aromatic carbocycles. The lowest BCUT2D eigenvalue weighted by atomic mass is 10.2. The molecule has 0 aliphatic carbocycles. The molecule has 0 atom stereocenters. The molecule has 8 heteroatoms. The van der Waals surface area contributed by atoms with Crippen LogP contribution in [-0.4, -0.2) is 26.1 Å². The van der Waals surface area contributed by atoms with Crippen LogP contribution in [-0.2, 0) is 6.42 Å². The van der Waals surface area contributed by atoms with Crippen LogP contribution >= 0.6 is 39.1 Å². The number of carboxylic acid groups (broad SMARTS) is 1. The summed E-state index contributed by atoms with van der Waals surface area (Å²) in [7, 11) is 0. The van der Waals surface area contributed by atoms with E-state index in [0.717, 1.165) is 10.9 Å². The molecule has 0 bridgehead atoms. The standard InChI is InChI=1S/C12H10BrCl2N3O2/c1-2-3-9-10(12(19)20)16-17-18(9)11-7(14)4-6(13)5-8(11)15/h4-5H,2-3H2,1H3,(H,19,20). The monoisotopic (exact) mass is 377 g/mol. The predicted octanol–water partition coefficient (Wildman–Crippen LogP) is 3.99. The lowest BCUT2D eigenvalue weighted by molar-refractivity contribution is 0.0689. The van der Waals surface area contributed by atoms with Crippen LogP contribution in [0, 0.1) is 0 Å². The second kappa shape index (κ2) is 6.11. The highest BCUT2D eigenvalue weighted by Crippen LogP contribution is 2.33.